The van der Waals surface area contributed by atoms with E-state index in [0.717, 1.165) is 5.56 Å². The fraction of sp³-hybridized carbons (Fsp3) is 0.462. The molecule has 0 aliphatic carbocycles. The maximum absolute atomic E-state index is 10.9. The molecule has 1 amide bonds. The number of hydrogen-bond acceptors (Lipinski definition) is 4. The molecule has 1 aromatic rings. The van der Waals surface area contributed by atoms with E-state index in [-0.39, 0.29) is 6.79 Å². The molecule has 0 spiro atoms. The van der Waals surface area contributed by atoms with Crippen molar-refractivity contribution in [2.45, 2.75) is 18.9 Å². The van der Waals surface area contributed by atoms with Gasteiger partial charge in [0, 0.05) is 24.3 Å². The zero-order valence-electron chi connectivity index (χ0n) is 10.8. The fourth-order valence-corrected chi connectivity index (χ4v) is 1.92. The first-order chi connectivity index (χ1) is 9.15. The van der Waals surface area contributed by atoms with Crippen LogP contribution in [0.2, 0.25) is 5.02 Å². The summed E-state index contributed by atoms with van der Waals surface area (Å²) in [5.41, 5.74) is 5.82. The predicted molar refractivity (Wildman–Crippen MR) is 71.9 cm³/mol. The van der Waals surface area contributed by atoms with Crippen LogP contribution >= 0.6 is 11.6 Å². The standard InChI is InChI=1S/C13H18ClNO4/c1-17-9-18-8-4-7-12(19-13(15)16)10-5-2-3-6-11(10)14/h2-3,5-6,12H,4,7-9H2,1H3,(H2,15,16)/t12-/m0/s1. The number of halogens is 1. The van der Waals surface area contributed by atoms with Crippen molar-refractivity contribution in [1.29, 1.82) is 0 Å². The Morgan fingerprint density at radius 1 is 1.42 bits per heavy atom. The van der Waals surface area contributed by atoms with Crippen LogP contribution in [0.15, 0.2) is 24.3 Å². The molecule has 1 atom stereocenters. The normalized spacial score (nSPS) is 12.1. The lowest BCUT2D eigenvalue weighted by Gasteiger charge is -2.18. The molecule has 1 rings (SSSR count). The van der Waals surface area contributed by atoms with Gasteiger partial charge in [0.1, 0.15) is 12.9 Å². The molecule has 106 valence electrons. The summed E-state index contributed by atoms with van der Waals surface area (Å²) in [6.07, 6.45) is 0.00296. The molecule has 0 aliphatic rings. The number of primary amides is 1. The van der Waals surface area contributed by atoms with Gasteiger partial charge in [-0.1, -0.05) is 29.8 Å². The minimum atomic E-state index is -0.817. The summed E-state index contributed by atoms with van der Waals surface area (Å²) in [4.78, 5) is 10.9. The molecule has 0 aliphatic heterocycles. The zero-order valence-corrected chi connectivity index (χ0v) is 11.6. The van der Waals surface area contributed by atoms with E-state index in [2.05, 4.69) is 0 Å². The SMILES string of the molecule is COCOCCC[C@H](OC(N)=O)c1ccccc1Cl. The first kappa shape index (κ1) is 15.8. The van der Waals surface area contributed by atoms with Gasteiger partial charge in [0.25, 0.3) is 0 Å². The van der Waals surface area contributed by atoms with Crippen molar-refractivity contribution < 1.29 is 19.0 Å². The van der Waals surface area contributed by atoms with Crippen LogP contribution < -0.4 is 5.73 Å². The van der Waals surface area contributed by atoms with Crippen LogP contribution in [0.1, 0.15) is 24.5 Å². The fourth-order valence-electron chi connectivity index (χ4n) is 1.67. The van der Waals surface area contributed by atoms with Crippen molar-refractivity contribution in [3.8, 4) is 0 Å². The average Bonchev–Trinajstić information content (AvgIpc) is 2.37. The van der Waals surface area contributed by atoms with Gasteiger partial charge in [0.2, 0.25) is 0 Å². The molecule has 0 radical (unpaired) electrons. The van der Waals surface area contributed by atoms with Crippen LogP contribution in [0.5, 0.6) is 0 Å². The van der Waals surface area contributed by atoms with E-state index in [1.165, 1.54) is 0 Å². The van der Waals surface area contributed by atoms with Crippen LogP contribution in [-0.4, -0.2) is 26.6 Å². The highest BCUT2D eigenvalue weighted by Gasteiger charge is 2.17. The third-order valence-corrected chi connectivity index (χ3v) is 2.81. The van der Waals surface area contributed by atoms with Crippen molar-refractivity contribution in [2.75, 3.05) is 20.5 Å². The Balaban J connectivity index is 2.57. The van der Waals surface area contributed by atoms with Crippen molar-refractivity contribution in [2.24, 2.45) is 5.73 Å². The van der Waals surface area contributed by atoms with Gasteiger partial charge in [-0.15, -0.1) is 0 Å². The largest absolute Gasteiger partial charge is 0.441 e. The number of benzene rings is 1. The summed E-state index contributed by atoms with van der Waals surface area (Å²) in [5, 5.41) is 0.548. The highest BCUT2D eigenvalue weighted by atomic mass is 35.5. The van der Waals surface area contributed by atoms with Gasteiger partial charge < -0.3 is 19.9 Å². The van der Waals surface area contributed by atoms with Crippen molar-refractivity contribution in [3.05, 3.63) is 34.9 Å². The Morgan fingerprint density at radius 3 is 2.79 bits per heavy atom. The maximum Gasteiger partial charge on any atom is 0.405 e. The third kappa shape index (κ3) is 5.92. The lowest BCUT2D eigenvalue weighted by Crippen LogP contribution is -2.18. The first-order valence-corrected chi connectivity index (χ1v) is 6.30. The predicted octanol–water partition coefficient (Wildman–Crippen LogP) is 2.88. The van der Waals surface area contributed by atoms with Crippen LogP contribution in [0.25, 0.3) is 0 Å². The minimum absolute atomic E-state index is 0.243. The molecule has 0 unspecified atom stereocenters. The van der Waals surface area contributed by atoms with Gasteiger partial charge in [-0.25, -0.2) is 4.79 Å². The van der Waals surface area contributed by atoms with E-state index in [1.54, 1.807) is 13.2 Å². The Hall–Kier alpha value is -1.30. The molecule has 0 aromatic heterocycles. The van der Waals surface area contributed by atoms with Crippen molar-refractivity contribution in [3.63, 3.8) is 0 Å². The quantitative estimate of drug-likeness (QED) is 0.589. The summed E-state index contributed by atoms with van der Waals surface area (Å²) in [5.74, 6) is 0. The lowest BCUT2D eigenvalue weighted by atomic mass is 10.0. The Kier molecular flexibility index (Phi) is 7.25. The highest BCUT2D eigenvalue weighted by molar-refractivity contribution is 6.31. The molecule has 0 saturated heterocycles. The Bertz CT molecular complexity index is 400. The van der Waals surface area contributed by atoms with Gasteiger partial charge in [0.15, 0.2) is 0 Å². The summed E-state index contributed by atoms with van der Waals surface area (Å²) >= 11 is 6.08. The van der Waals surface area contributed by atoms with Crippen molar-refractivity contribution >= 4 is 17.7 Å². The number of carbonyl (C=O) groups is 1. The van der Waals surface area contributed by atoms with E-state index >= 15 is 0 Å². The van der Waals surface area contributed by atoms with Gasteiger partial charge in [-0.2, -0.15) is 0 Å². The molecule has 0 heterocycles. The first-order valence-electron chi connectivity index (χ1n) is 5.92. The summed E-state index contributed by atoms with van der Waals surface area (Å²) < 4.78 is 15.0. The number of methoxy groups -OCH3 is 1. The summed E-state index contributed by atoms with van der Waals surface area (Å²) in [6, 6.07) is 7.20. The van der Waals surface area contributed by atoms with Crippen LogP contribution in [0.4, 0.5) is 4.79 Å². The van der Waals surface area contributed by atoms with E-state index in [0.29, 0.717) is 24.5 Å². The Morgan fingerprint density at radius 2 is 2.16 bits per heavy atom. The van der Waals surface area contributed by atoms with E-state index in [9.17, 15) is 4.79 Å². The second-order valence-electron chi connectivity index (χ2n) is 3.90. The van der Waals surface area contributed by atoms with Crippen LogP contribution in [0.3, 0.4) is 0 Å². The molecule has 0 saturated carbocycles. The number of nitrogens with two attached hydrogens (primary N) is 1. The number of amides is 1. The summed E-state index contributed by atoms with van der Waals surface area (Å²) in [7, 11) is 1.56. The molecular formula is C13H18ClNO4. The smallest absolute Gasteiger partial charge is 0.405 e. The van der Waals surface area contributed by atoms with E-state index in [4.69, 9.17) is 31.5 Å². The zero-order chi connectivity index (χ0) is 14.1. The van der Waals surface area contributed by atoms with Crippen LogP contribution in [0, 0.1) is 0 Å². The second kappa shape index (κ2) is 8.74. The Labute approximate surface area is 117 Å². The second-order valence-corrected chi connectivity index (χ2v) is 4.31. The van der Waals surface area contributed by atoms with Gasteiger partial charge >= 0.3 is 6.09 Å². The third-order valence-electron chi connectivity index (χ3n) is 2.47. The molecule has 2 N–H and O–H groups in total. The van der Waals surface area contributed by atoms with Gasteiger partial charge in [0.05, 0.1) is 0 Å². The molecular weight excluding hydrogens is 270 g/mol. The number of ether oxygens (including phenoxy) is 3. The van der Waals surface area contributed by atoms with Gasteiger partial charge in [-0.3, -0.25) is 0 Å². The maximum atomic E-state index is 10.9. The molecule has 1 aromatic carbocycles. The molecule has 5 nitrogen and oxygen atoms in total. The topological polar surface area (TPSA) is 70.8 Å². The average molecular weight is 288 g/mol. The van der Waals surface area contributed by atoms with Crippen molar-refractivity contribution in [1.82, 2.24) is 0 Å². The monoisotopic (exact) mass is 287 g/mol. The van der Waals surface area contributed by atoms with Crippen LogP contribution in [-0.2, 0) is 14.2 Å². The minimum Gasteiger partial charge on any atom is -0.441 e. The summed E-state index contributed by atoms with van der Waals surface area (Å²) in [6.45, 7) is 0.754. The lowest BCUT2D eigenvalue weighted by molar-refractivity contribution is -0.0340. The number of rotatable bonds is 8. The highest BCUT2D eigenvalue weighted by Crippen LogP contribution is 2.29. The van der Waals surface area contributed by atoms with Gasteiger partial charge in [-0.05, 0) is 18.9 Å². The number of hydrogen-bond donors (Lipinski definition) is 1. The van der Waals surface area contributed by atoms with E-state index < -0.39 is 12.2 Å². The number of carbonyl (C=O) groups excluding carboxylic acids is 1. The molecule has 19 heavy (non-hydrogen) atoms. The molecule has 0 fully saturated rings. The molecule has 6 heteroatoms. The molecule has 0 bridgehead atoms. The van der Waals surface area contributed by atoms with E-state index in [1.807, 2.05) is 18.2 Å².